The lowest BCUT2D eigenvalue weighted by Gasteiger charge is -2.18. The first-order chi connectivity index (χ1) is 14.6. The van der Waals surface area contributed by atoms with Gasteiger partial charge in [0.05, 0.1) is 29.6 Å². The highest BCUT2D eigenvalue weighted by Gasteiger charge is 2.63. The van der Waals surface area contributed by atoms with Crippen LogP contribution in [0.4, 0.5) is 5.00 Å². The summed E-state index contributed by atoms with van der Waals surface area (Å²) in [4.78, 5) is 42.2. The van der Waals surface area contributed by atoms with E-state index in [4.69, 9.17) is 4.74 Å². The lowest BCUT2D eigenvalue weighted by molar-refractivity contribution is -0.124. The van der Waals surface area contributed by atoms with E-state index in [1.807, 2.05) is 30.3 Å². The second kappa shape index (κ2) is 6.75. The summed E-state index contributed by atoms with van der Waals surface area (Å²) in [5.41, 5.74) is 2.55. The number of thiophene rings is 1. The fourth-order valence-electron chi connectivity index (χ4n) is 5.56. The number of imide groups is 1. The summed E-state index contributed by atoms with van der Waals surface area (Å²) in [5.74, 6) is -1.34. The Bertz CT molecular complexity index is 1030. The highest BCUT2D eigenvalue weighted by Crippen LogP contribution is 2.51. The molecule has 0 radical (unpaired) electrons. The van der Waals surface area contributed by atoms with Gasteiger partial charge in [-0.2, -0.15) is 0 Å². The van der Waals surface area contributed by atoms with Gasteiger partial charge in [-0.15, -0.1) is 11.3 Å². The standard InChI is InChI=1S/C23H22N2O4S/c26-20(24-11-12-5-2-1-3-6-12)17-13-7-4-8-16(13)30-23(17)25-21(27)18-14-9-10-15(29-14)19(18)22(25)28/h1-3,5-6,14-15,18-19H,4,7-11H2,(H,24,26)/t14-,15-,18-,19-/m0/s1. The molecule has 4 atom stereocenters. The molecule has 2 aromatic rings. The Labute approximate surface area is 178 Å². The van der Waals surface area contributed by atoms with Crippen molar-refractivity contribution >= 4 is 34.1 Å². The number of anilines is 1. The zero-order valence-electron chi connectivity index (χ0n) is 16.4. The molecule has 1 aliphatic carbocycles. The number of hydrogen-bond donors (Lipinski definition) is 1. The van der Waals surface area contributed by atoms with Crippen molar-refractivity contribution < 1.29 is 19.1 Å². The fraction of sp³-hybridized carbons (Fsp3) is 0.435. The third kappa shape index (κ3) is 2.55. The maximum absolute atomic E-state index is 13.3. The van der Waals surface area contributed by atoms with E-state index in [-0.39, 0.29) is 41.8 Å². The van der Waals surface area contributed by atoms with Crippen molar-refractivity contribution in [3.05, 3.63) is 51.9 Å². The van der Waals surface area contributed by atoms with E-state index in [9.17, 15) is 14.4 Å². The minimum Gasteiger partial charge on any atom is -0.373 e. The highest BCUT2D eigenvalue weighted by atomic mass is 32.1. The van der Waals surface area contributed by atoms with Gasteiger partial charge in [0.2, 0.25) is 11.8 Å². The number of nitrogens with zero attached hydrogens (tertiary/aromatic N) is 1. The molecule has 3 saturated heterocycles. The molecule has 0 saturated carbocycles. The zero-order valence-corrected chi connectivity index (χ0v) is 17.2. The Morgan fingerprint density at radius 3 is 2.47 bits per heavy atom. The van der Waals surface area contributed by atoms with Gasteiger partial charge in [-0.3, -0.25) is 14.4 Å². The minimum absolute atomic E-state index is 0.149. The van der Waals surface area contributed by atoms with Gasteiger partial charge in [0.25, 0.3) is 5.91 Å². The van der Waals surface area contributed by atoms with Crippen LogP contribution in [-0.2, 0) is 33.7 Å². The summed E-state index contributed by atoms with van der Waals surface area (Å²) < 4.78 is 5.85. The summed E-state index contributed by atoms with van der Waals surface area (Å²) in [5, 5.41) is 3.52. The normalized spacial score (nSPS) is 28.9. The first kappa shape index (κ1) is 18.3. The molecule has 6 nitrogen and oxygen atoms in total. The van der Waals surface area contributed by atoms with Crippen LogP contribution in [0.25, 0.3) is 0 Å². The minimum atomic E-state index is -0.381. The molecule has 4 aliphatic rings. The molecule has 30 heavy (non-hydrogen) atoms. The summed E-state index contributed by atoms with van der Waals surface area (Å²) in [6, 6.07) is 9.73. The van der Waals surface area contributed by atoms with Gasteiger partial charge in [-0.05, 0) is 43.2 Å². The molecule has 6 rings (SSSR count). The Morgan fingerprint density at radius 2 is 1.77 bits per heavy atom. The van der Waals surface area contributed by atoms with Crippen LogP contribution >= 0.6 is 11.3 Å². The van der Waals surface area contributed by atoms with Crippen LogP contribution < -0.4 is 10.2 Å². The van der Waals surface area contributed by atoms with Crippen LogP contribution in [0.5, 0.6) is 0 Å². The number of carbonyl (C=O) groups excluding carboxylic acids is 3. The second-order valence-electron chi connectivity index (χ2n) is 8.56. The molecule has 4 heterocycles. The Balaban J connectivity index is 1.34. The van der Waals surface area contributed by atoms with Gasteiger partial charge in [0, 0.05) is 11.4 Å². The van der Waals surface area contributed by atoms with Gasteiger partial charge in [-0.1, -0.05) is 30.3 Å². The van der Waals surface area contributed by atoms with Crippen LogP contribution in [-0.4, -0.2) is 29.9 Å². The van der Waals surface area contributed by atoms with Crippen molar-refractivity contribution in [1.29, 1.82) is 0 Å². The number of rotatable bonds is 4. The molecule has 2 bridgehead atoms. The van der Waals surface area contributed by atoms with Crippen molar-refractivity contribution in [3.8, 4) is 0 Å². The number of benzene rings is 1. The second-order valence-corrected chi connectivity index (χ2v) is 9.64. The van der Waals surface area contributed by atoms with Crippen molar-refractivity contribution in [2.75, 3.05) is 4.90 Å². The molecular formula is C23H22N2O4S. The monoisotopic (exact) mass is 422 g/mol. The first-order valence-corrected chi connectivity index (χ1v) is 11.4. The van der Waals surface area contributed by atoms with Gasteiger partial charge in [-0.25, -0.2) is 4.90 Å². The van der Waals surface area contributed by atoms with Gasteiger partial charge < -0.3 is 10.1 Å². The zero-order chi connectivity index (χ0) is 20.4. The topological polar surface area (TPSA) is 75.7 Å². The molecule has 1 aromatic carbocycles. The molecule has 3 aliphatic heterocycles. The van der Waals surface area contributed by atoms with E-state index in [0.29, 0.717) is 17.1 Å². The van der Waals surface area contributed by atoms with Gasteiger partial charge >= 0.3 is 0 Å². The molecule has 154 valence electrons. The SMILES string of the molecule is O=C(NCc1ccccc1)c1c(N2C(=O)[C@@H]3[C@@H](C2=O)[C@@H]2CC[C@@H]3O2)sc2c1CCC2. The van der Waals surface area contributed by atoms with E-state index in [2.05, 4.69) is 5.32 Å². The van der Waals surface area contributed by atoms with Crippen molar-refractivity contribution in [2.24, 2.45) is 11.8 Å². The lowest BCUT2D eigenvalue weighted by atomic mass is 9.81. The van der Waals surface area contributed by atoms with E-state index in [1.165, 1.54) is 16.2 Å². The average molecular weight is 423 g/mol. The molecule has 0 unspecified atom stereocenters. The number of ether oxygens (including phenoxy) is 1. The van der Waals surface area contributed by atoms with E-state index in [1.54, 1.807) is 0 Å². The molecular weight excluding hydrogens is 400 g/mol. The van der Waals surface area contributed by atoms with Crippen LogP contribution in [0.3, 0.4) is 0 Å². The Hall–Kier alpha value is -2.51. The first-order valence-electron chi connectivity index (χ1n) is 10.6. The van der Waals surface area contributed by atoms with Crippen molar-refractivity contribution in [3.63, 3.8) is 0 Å². The van der Waals surface area contributed by atoms with Gasteiger partial charge in [0.15, 0.2) is 0 Å². The number of fused-ring (bicyclic) bond motifs is 6. The number of aryl methyl sites for hydroxylation is 1. The van der Waals surface area contributed by atoms with E-state index in [0.717, 1.165) is 48.1 Å². The summed E-state index contributed by atoms with van der Waals surface area (Å²) in [6.45, 7) is 0.412. The molecule has 0 spiro atoms. The van der Waals surface area contributed by atoms with Crippen molar-refractivity contribution in [2.45, 2.75) is 50.9 Å². The quantitative estimate of drug-likeness (QED) is 0.769. The number of amides is 3. The van der Waals surface area contributed by atoms with Crippen LogP contribution in [0, 0.1) is 11.8 Å². The Morgan fingerprint density at radius 1 is 1.07 bits per heavy atom. The van der Waals surface area contributed by atoms with Crippen LogP contribution in [0.1, 0.15) is 45.6 Å². The predicted molar refractivity (Wildman–Crippen MR) is 111 cm³/mol. The molecule has 1 N–H and O–H groups in total. The lowest BCUT2D eigenvalue weighted by Crippen LogP contribution is -2.35. The van der Waals surface area contributed by atoms with E-state index >= 15 is 0 Å². The van der Waals surface area contributed by atoms with Crippen LogP contribution in [0.15, 0.2) is 30.3 Å². The predicted octanol–water partition coefficient (Wildman–Crippen LogP) is 2.83. The maximum atomic E-state index is 13.3. The molecule has 7 heteroatoms. The number of hydrogen-bond acceptors (Lipinski definition) is 5. The Kier molecular flexibility index (Phi) is 4.11. The molecule has 3 fully saturated rings. The highest BCUT2D eigenvalue weighted by molar-refractivity contribution is 7.17. The van der Waals surface area contributed by atoms with Crippen LogP contribution in [0.2, 0.25) is 0 Å². The number of carbonyl (C=O) groups is 3. The third-order valence-corrected chi connectivity index (χ3v) is 8.19. The van der Waals surface area contributed by atoms with Crippen molar-refractivity contribution in [1.82, 2.24) is 5.32 Å². The number of nitrogens with one attached hydrogen (secondary N) is 1. The van der Waals surface area contributed by atoms with Gasteiger partial charge in [0.1, 0.15) is 5.00 Å². The summed E-state index contributed by atoms with van der Waals surface area (Å²) >= 11 is 1.45. The summed E-state index contributed by atoms with van der Waals surface area (Å²) in [6.07, 6.45) is 4.10. The smallest absolute Gasteiger partial charge is 0.254 e. The molecule has 1 aromatic heterocycles. The third-order valence-electron chi connectivity index (χ3n) is 6.91. The largest absolute Gasteiger partial charge is 0.373 e. The maximum Gasteiger partial charge on any atom is 0.254 e. The fourth-order valence-corrected chi connectivity index (χ4v) is 6.96. The van der Waals surface area contributed by atoms with E-state index < -0.39 is 0 Å². The molecule has 3 amide bonds. The average Bonchev–Trinajstić information content (AvgIpc) is 3.54. The summed E-state index contributed by atoms with van der Waals surface area (Å²) in [7, 11) is 0.